The molecular weight excluding hydrogens is 412 g/mol. The third-order valence-corrected chi connectivity index (χ3v) is 9.69. The summed E-state index contributed by atoms with van der Waals surface area (Å²) in [6.07, 6.45) is 7.21. The summed E-state index contributed by atoms with van der Waals surface area (Å²) < 4.78 is 25.7. The maximum atomic E-state index is 11.9. The second-order valence-corrected chi connectivity index (χ2v) is 11.7. The number of fused-ring (bicyclic) bond motifs is 1. The number of hydrogen-bond donors (Lipinski definition) is 0. The van der Waals surface area contributed by atoms with Crippen molar-refractivity contribution in [3.63, 3.8) is 0 Å². The molecule has 2 aliphatic heterocycles. The lowest BCUT2D eigenvalue weighted by atomic mass is 9.46. The van der Waals surface area contributed by atoms with Gasteiger partial charge in [-0.15, -0.1) is 11.8 Å². The van der Waals surface area contributed by atoms with Gasteiger partial charge in [0.25, 0.3) is 0 Å². The van der Waals surface area contributed by atoms with Crippen molar-refractivity contribution in [1.82, 2.24) is 0 Å². The van der Waals surface area contributed by atoms with Crippen LogP contribution in [0.5, 0.6) is 0 Å². The normalized spacial score (nSPS) is 47.3. The molecule has 8 atom stereocenters. The first kappa shape index (κ1) is 22.2. The quantitative estimate of drug-likeness (QED) is 0.242. The number of allylic oxidation sites excluding steroid dienone is 1. The lowest BCUT2D eigenvalue weighted by Crippen LogP contribution is -2.67. The van der Waals surface area contributed by atoms with E-state index in [0.29, 0.717) is 36.7 Å². The Morgan fingerprint density at radius 3 is 2.71 bits per heavy atom. The van der Waals surface area contributed by atoms with Crippen LogP contribution >= 0.6 is 11.8 Å². The van der Waals surface area contributed by atoms with Crippen LogP contribution in [0.3, 0.4) is 0 Å². The summed E-state index contributed by atoms with van der Waals surface area (Å²) in [4.78, 5) is 11.9. The van der Waals surface area contributed by atoms with Crippen molar-refractivity contribution >= 4 is 17.7 Å². The van der Waals surface area contributed by atoms with Crippen LogP contribution in [-0.4, -0.2) is 54.3 Å². The smallest absolute Gasteiger partial charge is 0.305 e. The molecule has 2 heterocycles. The van der Waals surface area contributed by atoms with Gasteiger partial charge in [-0.25, -0.2) is 0 Å². The van der Waals surface area contributed by atoms with E-state index in [1.807, 2.05) is 6.92 Å². The van der Waals surface area contributed by atoms with Crippen molar-refractivity contribution in [2.75, 3.05) is 18.8 Å². The zero-order valence-corrected chi connectivity index (χ0v) is 20.7. The minimum Gasteiger partial charge on any atom is -0.461 e. The molecule has 31 heavy (non-hydrogen) atoms. The van der Waals surface area contributed by atoms with Crippen LogP contribution in [0.4, 0.5) is 0 Å². The molecular formula is C25H38O5S. The highest BCUT2D eigenvalue weighted by molar-refractivity contribution is 7.98. The Morgan fingerprint density at radius 1 is 1.26 bits per heavy atom. The van der Waals surface area contributed by atoms with Crippen molar-refractivity contribution in [3.8, 4) is 0 Å². The Labute approximate surface area is 191 Å². The molecule has 0 amide bonds. The summed E-state index contributed by atoms with van der Waals surface area (Å²) in [5.41, 5.74) is 2.13. The van der Waals surface area contributed by atoms with Crippen LogP contribution in [0, 0.1) is 23.2 Å². The largest absolute Gasteiger partial charge is 0.461 e. The SMILES string of the molecule is CCC(=O)OCC1=C(C)CCC2(C)C1CC1OC13C(OCSC)C(C(C)C)CC1OC123. The van der Waals surface area contributed by atoms with Crippen molar-refractivity contribution in [2.45, 2.75) is 96.2 Å². The number of carbonyl (C=O) groups excluding carboxylic acids is 1. The summed E-state index contributed by atoms with van der Waals surface area (Å²) in [7, 11) is 0. The van der Waals surface area contributed by atoms with Crippen LogP contribution in [0.1, 0.15) is 66.7 Å². The highest BCUT2D eigenvalue weighted by Crippen LogP contribution is 2.79. The molecule has 5 rings (SSSR count). The van der Waals surface area contributed by atoms with E-state index in [2.05, 4.69) is 34.0 Å². The van der Waals surface area contributed by atoms with Crippen molar-refractivity contribution < 1.29 is 23.7 Å². The van der Waals surface area contributed by atoms with Gasteiger partial charge >= 0.3 is 5.97 Å². The fourth-order valence-electron chi connectivity index (χ4n) is 7.62. The molecule has 0 aromatic heterocycles. The molecule has 8 unspecified atom stereocenters. The second kappa shape index (κ2) is 7.48. The Morgan fingerprint density at radius 2 is 2.03 bits per heavy atom. The summed E-state index contributed by atoms with van der Waals surface area (Å²) in [6.45, 7) is 11.5. The molecule has 2 saturated carbocycles. The lowest BCUT2D eigenvalue weighted by molar-refractivity contribution is -0.143. The van der Waals surface area contributed by atoms with Gasteiger partial charge in [-0.2, -0.15) is 0 Å². The Bertz CT molecular complexity index is 795. The van der Waals surface area contributed by atoms with Crippen LogP contribution in [0.15, 0.2) is 11.1 Å². The van der Waals surface area contributed by atoms with E-state index in [9.17, 15) is 4.79 Å². The van der Waals surface area contributed by atoms with E-state index in [0.717, 1.165) is 25.7 Å². The van der Waals surface area contributed by atoms with E-state index >= 15 is 0 Å². The average Bonchev–Trinajstić information content (AvgIpc) is 3.64. The summed E-state index contributed by atoms with van der Waals surface area (Å²) in [6, 6.07) is 0. The molecule has 5 nitrogen and oxygen atoms in total. The van der Waals surface area contributed by atoms with Crippen molar-refractivity contribution in [3.05, 3.63) is 11.1 Å². The van der Waals surface area contributed by atoms with Gasteiger partial charge in [0.05, 0.1) is 24.3 Å². The van der Waals surface area contributed by atoms with Gasteiger partial charge in [-0.3, -0.25) is 4.79 Å². The number of hydrogen-bond acceptors (Lipinski definition) is 6. The molecule has 0 aromatic rings. The number of thioether (sulfide) groups is 1. The fourth-order valence-corrected chi connectivity index (χ4v) is 7.90. The van der Waals surface area contributed by atoms with Gasteiger partial charge in [0.2, 0.25) is 0 Å². The molecule has 0 radical (unpaired) electrons. The molecule has 0 N–H and O–H groups in total. The Hall–Kier alpha value is -0.560. The van der Waals surface area contributed by atoms with Gasteiger partial charge in [-0.05, 0) is 62.2 Å². The van der Waals surface area contributed by atoms with Gasteiger partial charge < -0.3 is 18.9 Å². The minimum atomic E-state index is -0.303. The maximum Gasteiger partial charge on any atom is 0.305 e. The standard InChI is InChI=1S/C25H38O5S/c1-7-21(26)27-12-17-15(4)8-9-23(5)18(17)11-19-24(29-19)22(28-13-31-6)16(14(2)3)10-20-25(23,24)30-20/h14,16,18-20,22H,7-13H2,1-6H3. The number of epoxide rings is 2. The lowest BCUT2D eigenvalue weighted by Gasteiger charge is -2.55. The van der Waals surface area contributed by atoms with Gasteiger partial charge in [0.1, 0.15) is 12.2 Å². The first-order valence-electron chi connectivity index (χ1n) is 12.1. The molecule has 3 aliphatic carbocycles. The van der Waals surface area contributed by atoms with E-state index < -0.39 is 0 Å². The van der Waals surface area contributed by atoms with Crippen LogP contribution in [0.25, 0.3) is 0 Å². The highest BCUT2D eigenvalue weighted by atomic mass is 32.2. The summed E-state index contributed by atoms with van der Waals surface area (Å²) >= 11 is 1.74. The molecule has 4 fully saturated rings. The van der Waals surface area contributed by atoms with Crippen molar-refractivity contribution in [1.29, 1.82) is 0 Å². The number of carbonyl (C=O) groups is 1. The number of rotatable bonds is 7. The van der Waals surface area contributed by atoms with Crippen LogP contribution in [0.2, 0.25) is 0 Å². The summed E-state index contributed by atoms with van der Waals surface area (Å²) in [5.74, 6) is 1.92. The van der Waals surface area contributed by atoms with E-state index in [4.69, 9.17) is 18.9 Å². The van der Waals surface area contributed by atoms with Gasteiger partial charge in [0, 0.05) is 11.8 Å². The molecule has 6 heteroatoms. The Kier molecular flexibility index (Phi) is 5.36. The summed E-state index contributed by atoms with van der Waals surface area (Å²) in [5, 5.41) is 0. The third kappa shape index (κ3) is 2.83. The predicted molar refractivity (Wildman–Crippen MR) is 121 cm³/mol. The zero-order valence-electron chi connectivity index (χ0n) is 19.9. The topological polar surface area (TPSA) is 60.6 Å². The van der Waals surface area contributed by atoms with E-state index in [1.54, 1.807) is 11.8 Å². The minimum absolute atomic E-state index is 0.0128. The fraction of sp³-hybridized carbons (Fsp3) is 0.880. The molecule has 174 valence electrons. The van der Waals surface area contributed by atoms with Crippen LogP contribution < -0.4 is 0 Å². The monoisotopic (exact) mass is 450 g/mol. The molecule has 2 saturated heterocycles. The van der Waals surface area contributed by atoms with Crippen molar-refractivity contribution in [2.24, 2.45) is 23.2 Å². The van der Waals surface area contributed by atoms with Crippen LogP contribution in [-0.2, 0) is 23.7 Å². The number of esters is 1. The zero-order chi connectivity index (χ0) is 22.2. The molecule has 0 bridgehead atoms. The first-order valence-corrected chi connectivity index (χ1v) is 13.5. The molecule has 2 spiro atoms. The molecule has 0 aromatic carbocycles. The maximum absolute atomic E-state index is 11.9. The van der Waals surface area contributed by atoms with Gasteiger partial charge in [-0.1, -0.05) is 33.3 Å². The highest BCUT2D eigenvalue weighted by Gasteiger charge is 2.93. The van der Waals surface area contributed by atoms with Gasteiger partial charge in [0.15, 0.2) is 5.60 Å². The number of ether oxygens (including phenoxy) is 4. The average molecular weight is 451 g/mol. The first-order chi connectivity index (χ1) is 14.8. The second-order valence-electron chi connectivity index (χ2n) is 10.9. The van der Waals surface area contributed by atoms with E-state index in [1.165, 1.54) is 11.1 Å². The van der Waals surface area contributed by atoms with E-state index in [-0.39, 0.29) is 40.9 Å². The Balaban J connectivity index is 1.50. The molecule has 5 aliphatic rings. The third-order valence-electron chi connectivity index (χ3n) is 9.32. The predicted octanol–water partition coefficient (Wildman–Crippen LogP) is 4.73.